The number of rotatable bonds is 11. The number of aliphatic carboxylic acids is 1. The van der Waals surface area contributed by atoms with E-state index in [-0.39, 0.29) is 23.9 Å². The maximum Gasteiger partial charge on any atom is 0.307 e. The molecule has 0 bridgehead atoms. The van der Waals surface area contributed by atoms with Gasteiger partial charge in [-0.3, -0.25) is 14.4 Å². The van der Waals surface area contributed by atoms with E-state index in [1.54, 1.807) is 62.6 Å². The summed E-state index contributed by atoms with van der Waals surface area (Å²) in [5.41, 5.74) is 2.90. The second-order valence-electron chi connectivity index (χ2n) is 8.91. The largest absolute Gasteiger partial charge is 0.496 e. The SMILES string of the molecule is CCC(=O)/C=C/c1cccc(C(=O)c2cc(OC)c(C(C)C)cc2Oc2c(Br)cc(CC(=O)O)cc2Br)c1. The second kappa shape index (κ2) is 13.0. The van der Waals surface area contributed by atoms with Gasteiger partial charge in [0.15, 0.2) is 17.3 Å². The molecule has 0 aromatic heterocycles. The summed E-state index contributed by atoms with van der Waals surface area (Å²) in [7, 11) is 1.56. The molecule has 0 heterocycles. The highest BCUT2D eigenvalue weighted by Gasteiger charge is 2.23. The molecule has 0 atom stereocenters. The maximum absolute atomic E-state index is 13.8. The van der Waals surface area contributed by atoms with Crippen LogP contribution in [0.15, 0.2) is 63.6 Å². The van der Waals surface area contributed by atoms with Crippen LogP contribution in [0.2, 0.25) is 0 Å². The van der Waals surface area contributed by atoms with Crippen LogP contribution in [-0.4, -0.2) is 29.8 Å². The van der Waals surface area contributed by atoms with Crippen molar-refractivity contribution in [2.75, 3.05) is 7.11 Å². The van der Waals surface area contributed by atoms with Crippen LogP contribution in [0.1, 0.15) is 65.7 Å². The van der Waals surface area contributed by atoms with Gasteiger partial charge >= 0.3 is 5.97 Å². The lowest BCUT2D eigenvalue weighted by atomic mass is 9.95. The highest BCUT2D eigenvalue weighted by Crippen LogP contribution is 2.42. The zero-order chi connectivity index (χ0) is 28.0. The average molecular weight is 644 g/mol. The van der Waals surface area contributed by atoms with E-state index < -0.39 is 5.97 Å². The first-order valence-corrected chi connectivity index (χ1v) is 13.6. The van der Waals surface area contributed by atoms with Crippen molar-refractivity contribution in [2.24, 2.45) is 0 Å². The lowest BCUT2D eigenvalue weighted by Gasteiger charge is -2.19. The molecule has 0 radical (unpaired) electrons. The molecule has 3 rings (SSSR count). The number of carbonyl (C=O) groups is 3. The number of hydrogen-bond acceptors (Lipinski definition) is 5. The van der Waals surface area contributed by atoms with Gasteiger partial charge in [0.05, 0.1) is 28.0 Å². The zero-order valence-electron chi connectivity index (χ0n) is 21.5. The highest BCUT2D eigenvalue weighted by molar-refractivity contribution is 9.11. The number of ketones is 2. The van der Waals surface area contributed by atoms with Crippen LogP contribution in [0.4, 0.5) is 0 Å². The van der Waals surface area contributed by atoms with Gasteiger partial charge in [0, 0.05) is 17.5 Å². The number of carboxylic acid groups (broad SMARTS) is 1. The lowest BCUT2D eigenvalue weighted by molar-refractivity contribution is -0.136. The third-order valence-electron chi connectivity index (χ3n) is 5.78. The van der Waals surface area contributed by atoms with Crippen molar-refractivity contribution >= 4 is 55.5 Å². The molecule has 3 aromatic carbocycles. The molecule has 198 valence electrons. The summed E-state index contributed by atoms with van der Waals surface area (Å²) in [6, 6.07) is 13.8. The Morgan fingerprint density at radius 1 is 1.00 bits per heavy atom. The summed E-state index contributed by atoms with van der Waals surface area (Å²) in [6.07, 6.45) is 3.45. The average Bonchev–Trinajstić information content (AvgIpc) is 2.88. The van der Waals surface area contributed by atoms with E-state index in [2.05, 4.69) is 31.9 Å². The Morgan fingerprint density at radius 2 is 1.68 bits per heavy atom. The molecule has 0 spiro atoms. The summed E-state index contributed by atoms with van der Waals surface area (Å²) >= 11 is 6.96. The fourth-order valence-corrected chi connectivity index (χ4v) is 5.25. The van der Waals surface area contributed by atoms with Crippen LogP contribution in [0, 0.1) is 0 Å². The summed E-state index contributed by atoms with van der Waals surface area (Å²) in [5, 5.41) is 9.15. The number of allylic oxidation sites excluding steroid dienone is 1. The van der Waals surface area contributed by atoms with Crippen molar-refractivity contribution in [1.82, 2.24) is 0 Å². The molecule has 6 nitrogen and oxygen atoms in total. The predicted molar refractivity (Wildman–Crippen MR) is 155 cm³/mol. The Hall–Kier alpha value is -3.23. The topological polar surface area (TPSA) is 89.9 Å². The van der Waals surface area contributed by atoms with Crippen LogP contribution in [0.5, 0.6) is 17.2 Å². The van der Waals surface area contributed by atoms with Gasteiger partial charge in [-0.15, -0.1) is 0 Å². The predicted octanol–water partition coefficient (Wildman–Crippen LogP) is 7.99. The molecule has 0 saturated carbocycles. The number of ether oxygens (including phenoxy) is 2. The molecule has 0 amide bonds. The molecule has 0 unspecified atom stereocenters. The number of hydrogen-bond donors (Lipinski definition) is 1. The Bertz CT molecular complexity index is 1380. The fraction of sp³-hybridized carbons (Fsp3) is 0.233. The van der Waals surface area contributed by atoms with Crippen LogP contribution < -0.4 is 9.47 Å². The first-order valence-electron chi connectivity index (χ1n) is 12.0. The fourth-order valence-electron chi connectivity index (χ4n) is 3.81. The number of methoxy groups -OCH3 is 1. The van der Waals surface area contributed by atoms with Crippen molar-refractivity contribution in [3.05, 3.63) is 91.4 Å². The van der Waals surface area contributed by atoms with E-state index in [0.29, 0.717) is 49.3 Å². The maximum atomic E-state index is 13.8. The smallest absolute Gasteiger partial charge is 0.307 e. The van der Waals surface area contributed by atoms with Gasteiger partial charge in [-0.1, -0.05) is 45.0 Å². The van der Waals surface area contributed by atoms with Gasteiger partial charge in [0.2, 0.25) is 0 Å². The molecule has 0 aliphatic rings. The highest BCUT2D eigenvalue weighted by atomic mass is 79.9. The minimum Gasteiger partial charge on any atom is -0.496 e. The molecular formula is C30H28Br2O6. The second-order valence-corrected chi connectivity index (χ2v) is 10.6. The third-order valence-corrected chi connectivity index (χ3v) is 6.96. The van der Waals surface area contributed by atoms with E-state index in [1.807, 2.05) is 19.9 Å². The van der Waals surface area contributed by atoms with Crippen molar-refractivity contribution in [3.63, 3.8) is 0 Å². The van der Waals surface area contributed by atoms with E-state index >= 15 is 0 Å². The Balaban J connectivity index is 2.11. The van der Waals surface area contributed by atoms with Crippen LogP contribution in [-0.2, 0) is 16.0 Å². The summed E-state index contributed by atoms with van der Waals surface area (Å²) in [5.74, 6) is 0.161. The molecule has 0 saturated heterocycles. The van der Waals surface area contributed by atoms with Gasteiger partial charge in [0.1, 0.15) is 11.5 Å². The van der Waals surface area contributed by atoms with Gasteiger partial charge in [-0.05, 0) is 85.3 Å². The van der Waals surface area contributed by atoms with Crippen molar-refractivity contribution in [2.45, 2.75) is 39.5 Å². The Morgan fingerprint density at radius 3 is 2.26 bits per heavy atom. The quantitative estimate of drug-likeness (QED) is 0.168. The molecule has 8 heteroatoms. The minimum absolute atomic E-state index is 0.00282. The van der Waals surface area contributed by atoms with Crippen molar-refractivity contribution in [1.29, 1.82) is 0 Å². The number of carboxylic acids is 1. The number of benzene rings is 3. The number of halogens is 2. The van der Waals surface area contributed by atoms with E-state index in [1.165, 1.54) is 6.08 Å². The van der Waals surface area contributed by atoms with E-state index in [4.69, 9.17) is 14.6 Å². The van der Waals surface area contributed by atoms with Gasteiger partial charge in [0.25, 0.3) is 0 Å². The zero-order valence-corrected chi connectivity index (χ0v) is 24.7. The van der Waals surface area contributed by atoms with Gasteiger partial charge in [-0.25, -0.2) is 0 Å². The summed E-state index contributed by atoms with van der Waals surface area (Å²) < 4.78 is 13.0. The van der Waals surface area contributed by atoms with Crippen LogP contribution in [0.25, 0.3) is 6.08 Å². The van der Waals surface area contributed by atoms with Gasteiger partial charge in [-0.2, -0.15) is 0 Å². The molecule has 0 aliphatic heterocycles. The first kappa shape index (κ1) is 29.3. The standard InChI is InChI=1S/C30H28Br2O6/c1-5-21(33)10-9-18-7-6-8-20(11-18)29(36)23-16-26(37-4)22(17(2)3)15-27(23)38-30-24(31)12-19(13-25(30)32)14-28(34)35/h6-13,15-17H,5,14H2,1-4H3,(H,34,35)/b10-9+. The number of carbonyl (C=O) groups excluding carboxylic acids is 2. The normalized spacial score (nSPS) is 11.1. The monoisotopic (exact) mass is 642 g/mol. The van der Waals surface area contributed by atoms with Gasteiger partial charge < -0.3 is 14.6 Å². The van der Waals surface area contributed by atoms with E-state index in [0.717, 1.165) is 11.1 Å². The molecule has 0 fully saturated rings. The minimum atomic E-state index is -0.946. The lowest BCUT2D eigenvalue weighted by Crippen LogP contribution is -2.07. The summed E-state index contributed by atoms with van der Waals surface area (Å²) in [6.45, 7) is 5.82. The van der Waals surface area contributed by atoms with Crippen molar-refractivity contribution < 1.29 is 29.0 Å². The molecule has 0 aliphatic carbocycles. The van der Waals surface area contributed by atoms with Crippen LogP contribution >= 0.6 is 31.9 Å². The van der Waals surface area contributed by atoms with Crippen molar-refractivity contribution in [3.8, 4) is 17.2 Å². The third kappa shape index (κ3) is 7.20. The molecule has 1 N–H and O–H groups in total. The van der Waals surface area contributed by atoms with E-state index in [9.17, 15) is 14.4 Å². The van der Waals surface area contributed by atoms with Crippen LogP contribution in [0.3, 0.4) is 0 Å². The summed E-state index contributed by atoms with van der Waals surface area (Å²) in [4.78, 5) is 36.7. The molecular weight excluding hydrogens is 616 g/mol. The first-order chi connectivity index (χ1) is 18.0. The molecule has 3 aromatic rings. The molecule has 38 heavy (non-hydrogen) atoms. The Kier molecular flexibility index (Phi) is 10.1. The Labute approximate surface area is 238 Å².